The number of benzene rings is 3. The first-order chi connectivity index (χ1) is 18.5. The summed E-state index contributed by atoms with van der Waals surface area (Å²) in [4.78, 5) is 15.9. The minimum absolute atomic E-state index is 0.0912. The molecule has 0 amide bonds. The summed E-state index contributed by atoms with van der Waals surface area (Å²) in [7, 11) is 1.66. The minimum atomic E-state index is -0.550. The van der Waals surface area contributed by atoms with E-state index < -0.39 is 5.82 Å². The maximum atomic E-state index is 14.7. The molecule has 0 atom stereocenters. The molecule has 0 aliphatic rings. The van der Waals surface area contributed by atoms with Crippen LogP contribution in [-0.4, -0.2) is 36.4 Å². The fraction of sp³-hybridized carbons (Fsp3) is 0.300. The van der Waals surface area contributed by atoms with Crippen molar-refractivity contribution in [3.05, 3.63) is 77.6 Å². The zero-order valence-corrected chi connectivity index (χ0v) is 21.8. The van der Waals surface area contributed by atoms with Crippen LogP contribution in [0.4, 0.5) is 4.39 Å². The quantitative estimate of drug-likeness (QED) is 0.154. The highest BCUT2D eigenvalue weighted by molar-refractivity contribution is 5.74. The maximum Gasteiger partial charge on any atom is 0.305 e. The Kier molecular flexibility index (Phi) is 9.21. The fourth-order valence-electron chi connectivity index (χ4n) is 4.20. The number of hydrogen-bond donors (Lipinski definition) is 0. The van der Waals surface area contributed by atoms with Crippen molar-refractivity contribution in [2.45, 2.75) is 39.7 Å². The molecule has 198 valence electrons. The van der Waals surface area contributed by atoms with Crippen molar-refractivity contribution in [2.75, 3.05) is 20.3 Å². The highest BCUT2D eigenvalue weighted by Gasteiger charge is 2.16. The number of nitrogens with zero attached hydrogens (tertiary/aromatic N) is 2. The Labute approximate surface area is 221 Å². The molecule has 0 spiro atoms. The van der Waals surface area contributed by atoms with E-state index in [4.69, 9.17) is 18.7 Å². The Bertz CT molecular complexity index is 1380. The zero-order chi connectivity index (χ0) is 26.9. The molecule has 0 fully saturated rings. The molecule has 0 radical (unpaired) electrons. The number of aromatic nitrogens is 2. The normalized spacial score (nSPS) is 10.9. The summed E-state index contributed by atoms with van der Waals surface area (Å²) >= 11 is 0. The molecule has 0 aliphatic carbocycles. The average molecular weight is 519 g/mol. The van der Waals surface area contributed by atoms with Gasteiger partial charge in [0.2, 0.25) is 5.82 Å². The summed E-state index contributed by atoms with van der Waals surface area (Å²) in [6.45, 7) is 4.84. The van der Waals surface area contributed by atoms with Crippen LogP contribution in [0, 0.1) is 5.82 Å². The summed E-state index contributed by atoms with van der Waals surface area (Å²) in [5, 5.41) is 4.05. The lowest BCUT2D eigenvalue weighted by atomic mass is 9.93. The molecule has 38 heavy (non-hydrogen) atoms. The first-order valence-electron chi connectivity index (χ1n) is 12.7. The lowest BCUT2D eigenvalue weighted by Crippen LogP contribution is -2.07. The van der Waals surface area contributed by atoms with Gasteiger partial charge in [-0.25, -0.2) is 4.39 Å². The third-order valence-corrected chi connectivity index (χ3v) is 6.04. The Balaban J connectivity index is 1.50. The number of carbonyl (C=O) groups is 1. The zero-order valence-electron chi connectivity index (χ0n) is 21.8. The molecule has 0 saturated carbocycles. The molecule has 3 aromatic carbocycles. The van der Waals surface area contributed by atoms with Crippen LogP contribution in [0.5, 0.6) is 5.75 Å². The Morgan fingerprint density at radius 2 is 1.76 bits per heavy atom. The van der Waals surface area contributed by atoms with Crippen LogP contribution in [0.3, 0.4) is 0 Å². The van der Waals surface area contributed by atoms with Crippen molar-refractivity contribution in [2.24, 2.45) is 0 Å². The van der Waals surface area contributed by atoms with Gasteiger partial charge in [0.25, 0.3) is 5.89 Å². The summed E-state index contributed by atoms with van der Waals surface area (Å²) in [6.07, 6.45) is 1.57. The molecule has 4 rings (SSSR count). The van der Waals surface area contributed by atoms with Crippen molar-refractivity contribution < 1.29 is 27.9 Å². The largest absolute Gasteiger partial charge is 0.491 e. The van der Waals surface area contributed by atoms with Crippen LogP contribution >= 0.6 is 0 Å². The number of ether oxygens (including phenoxy) is 3. The molecule has 0 bridgehead atoms. The van der Waals surface area contributed by atoms with Gasteiger partial charge < -0.3 is 18.7 Å². The second-order valence-electron chi connectivity index (χ2n) is 8.64. The number of methoxy groups -OCH3 is 1. The van der Waals surface area contributed by atoms with E-state index in [1.54, 1.807) is 20.1 Å². The smallest absolute Gasteiger partial charge is 0.305 e. The van der Waals surface area contributed by atoms with Crippen LogP contribution < -0.4 is 4.74 Å². The van der Waals surface area contributed by atoms with E-state index in [1.807, 2.05) is 30.3 Å². The first kappa shape index (κ1) is 27.0. The van der Waals surface area contributed by atoms with E-state index in [0.717, 1.165) is 23.1 Å². The second kappa shape index (κ2) is 13.0. The van der Waals surface area contributed by atoms with Gasteiger partial charge in [-0.05, 0) is 72.4 Å². The monoisotopic (exact) mass is 518 g/mol. The molecule has 4 aromatic rings. The Morgan fingerprint density at radius 1 is 0.974 bits per heavy atom. The molecule has 7 nitrogen and oxygen atoms in total. The van der Waals surface area contributed by atoms with Gasteiger partial charge in [-0.15, -0.1) is 0 Å². The van der Waals surface area contributed by atoms with Gasteiger partial charge in [-0.2, -0.15) is 4.98 Å². The standard InChI is InChI=1S/C30H31FN2O5/c1-4-20-9-6-7-10-24(20)25-14-12-22(17-23(25)19-35-3)30-32-29(33-38-30)21-13-15-27(26(31)18-21)37-16-8-11-28(34)36-5-2/h6-7,9-10,12-15,17-18H,4-5,8,11,16,19H2,1-3H3. The molecular weight excluding hydrogens is 487 g/mol. The fourth-order valence-corrected chi connectivity index (χ4v) is 4.20. The molecule has 0 N–H and O–H groups in total. The van der Waals surface area contributed by atoms with Gasteiger partial charge in [-0.1, -0.05) is 42.4 Å². The number of hydrogen-bond acceptors (Lipinski definition) is 7. The van der Waals surface area contributed by atoms with Gasteiger partial charge in [-0.3, -0.25) is 4.79 Å². The van der Waals surface area contributed by atoms with E-state index in [9.17, 15) is 9.18 Å². The highest BCUT2D eigenvalue weighted by Crippen LogP contribution is 2.32. The third kappa shape index (κ3) is 6.44. The molecule has 0 saturated heterocycles. The lowest BCUT2D eigenvalue weighted by molar-refractivity contribution is -0.143. The van der Waals surface area contributed by atoms with E-state index in [0.29, 0.717) is 31.1 Å². The van der Waals surface area contributed by atoms with Crippen molar-refractivity contribution in [3.8, 4) is 39.7 Å². The molecular formula is C30H31FN2O5. The molecule has 8 heteroatoms. The van der Waals surface area contributed by atoms with Crippen LogP contribution in [0.25, 0.3) is 34.0 Å². The SMILES string of the molecule is CCOC(=O)CCCOc1ccc(-c2noc(-c3ccc(-c4ccccc4CC)c(COC)c3)n2)cc1F. The molecule has 1 heterocycles. The summed E-state index contributed by atoms with van der Waals surface area (Å²) < 4.78 is 36.0. The highest BCUT2D eigenvalue weighted by atomic mass is 19.1. The molecule has 1 aromatic heterocycles. The second-order valence-corrected chi connectivity index (χ2v) is 8.64. The Morgan fingerprint density at radius 3 is 2.53 bits per heavy atom. The summed E-state index contributed by atoms with van der Waals surface area (Å²) in [6, 6.07) is 18.8. The summed E-state index contributed by atoms with van der Waals surface area (Å²) in [5.74, 6) is -0.164. The van der Waals surface area contributed by atoms with Crippen molar-refractivity contribution in [1.82, 2.24) is 10.1 Å². The van der Waals surface area contributed by atoms with E-state index in [1.165, 1.54) is 23.3 Å². The molecule has 0 aliphatic heterocycles. The maximum absolute atomic E-state index is 14.7. The van der Waals surface area contributed by atoms with Crippen molar-refractivity contribution in [1.29, 1.82) is 0 Å². The minimum Gasteiger partial charge on any atom is -0.491 e. The predicted molar refractivity (Wildman–Crippen MR) is 142 cm³/mol. The predicted octanol–water partition coefficient (Wildman–Crippen LogP) is 6.64. The van der Waals surface area contributed by atoms with E-state index in [2.05, 4.69) is 29.2 Å². The van der Waals surface area contributed by atoms with Gasteiger partial charge in [0.1, 0.15) is 0 Å². The average Bonchev–Trinajstić information content (AvgIpc) is 3.43. The Hall–Kier alpha value is -4.04. The van der Waals surface area contributed by atoms with Crippen LogP contribution in [-0.2, 0) is 27.3 Å². The van der Waals surface area contributed by atoms with Crippen LogP contribution in [0.2, 0.25) is 0 Å². The summed E-state index contributed by atoms with van der Waals surface area (Å²) in [5.41, 5.74) is 5.72. The molecule has 0 unspecified atom stereocenters. The van der Waals surface area contributed by atoms with Crippen LogP contribution in [0.15, 0.2) is 65.2 Å². The van der Waals surface area contributed by atoms with Gasteiger partial charge >= 0.3 is 5.97 Å². The first-order valence-corrected chi connectivity index (χ1v) is 12.7. The van der Waals surface area contributed by atoms with Gasteiger partial charge in [0, 0.05) is 24.7 Å². The van der Waals surface area contributed by atoms with Crippen molar-refractivity contribution >= 4 is 5.97 Å². The van der Waals surface area contributed by atoms with Crippen molar-refractivity contribution in [3.63, 3.8) is 0 Å². The topological polar surface area (TPSA) is 83.7 Å². The number of esters is 1. The lowest BCUT2D eigenvalue weighted by Gasteiger charge is -2.13. The number of carbonyl (C=O) groups excluding carboxylic acids is 1. The van der Waals surface area contributed by atoms with Crippen LogP contribution in [0.1, 0.15) is 37.8 Å². The third-order valence-electron chi connectivity index (χ3n) is 6.04. The number of halogens is 1. The van der Waals surface area contributed by atoms with E-state index >= 15 is 0 Å². The van der Waals surface area contributed by atoms with Gasteiger partial charge in [0.05, 0.1) is 19.8 Å². The number of rotatable bonds is 12. The van der Waals surface area contributed by atoms with Gasteiger partial charge in [0.15, 0.2) is 11.6 Å². The number of aryl methyl sites for hydroxylation is 1. The van der Waals surface area contributed by atoms with E-state index in [-0.39, 0.29) is 30.6 Å².